The van der Waals surface area contributed by atoms with Crippen molar-refractivity contribution < 1.29 is 9.15 Å². The molecule has 5 rings (SSSR count). The Balaban J connectivity index is 0.00000192. The van der Waals surface area contributed by atoms with E-state index in [0.717, 1.165) is 53.2 Å². The third kappa shape index (κ3) is 3.17. The van der Waals surface area contributed by atoms with E-state index in [1.165, 1.54) is 12.8 Å². The highest BCUT2D eigenvalue weighted by Crippen LogP contribution is 2.35. The molecule has 0 spiro atoms. The number of oxazole rings is 1. The third-order valence-corrected chi connectivity index (χ3v) is 6.09. The standard InChI is InChI=1S/C22H25N3O2.ClH/c1-14-20(13-25-15-7-8-16(25)12-23-11-15)24-22(27-14)19-9-10-21(26-2)18-6-4-3-5-17(18)19;/h3-6,9-10,15-16,23H,7-8,11-13H2,1-2H3;1H/t15-,16+;. The van der Waals surface area contributed by atoms with Gasteiger partial charge in [-0.05, 0) is 37.3 Å². The van der Waals surface area contributed by atoms with Crippen LogP contribution in [0.2, 0.25) is 0 Å². The van der Waals surface area contributed by atoms with E-state index in [4.69, 9.17) is 14.1 Å². The molecule has 0 amide bonds. The van der Waals surface area contributed by atoms with E-state index in [0.29, 0.717) is 18.0 Å². The second-order valence-corrected chi connectivity index (χ2v) is 7.60. The summed E-state index contributed by atoms with van der Waals surface area (Å²) in [5, 5.41) is 5.72. The highest BCUT2D eigenvalue weighted by molar-refractivity contribution is 5.98. The minimum atomic E-state index is 0. The van der Waals surface area contributed by atoms with Crippen molar-refractivity contribution in [3.63, 3.8) is 0 Å². The summed E-state index contributed by atoms with van der Waals surface area (Å²) in [6.07, 6.45) is 2.56. The Labute approximate surface area is 171 Å². The van der Waals surface area contributed by atoms with E-state index < -0.39 is 0 Å². The van der Waals surface area contributed by atoms with Crippen molar-refractivity contribution in [2.75, 3.05) is 20.2 Å². The summed E-state index contributed by atoms with van der Waals surface area (Å²) in [6.45, 7) is 5.08. The van der Waals surface area contributed by atoms with Gasteiger partial charge in [-0.15, -0.1) is 12.4 Å². The second-order valence-electron chi connectivity index (χ2n) is 7.60. The molecule has 2 fully saturated rings. The highest BCUT2D eigenvalue weighted by atomic mass is 35.5. The summed E-state index contributed by atoms with van der Waals surface area (Å²) in [4.78, 5) is 7.52. The zero-order valence-electron chi connectivity index (χ0n) is 16.3. The van der Waals surface area contributed by atoms with Crippen LogP contribution < -0.4 is 10.1 Å². The second kappa shape index (κ2) is 7.74. The lowest BCUT2D eigenvalue weighted by Gasteiger charge is -2.34. The molecule has 28 heavy (non-hydrogen) atoms. The number of nitrogens with one attached hydrogen (secondary N) is 1. The van der Waals surface area contributed by atoms with Crippen molar-refractivity contribution in [3.05, 3.63) is 47.9 Å². The molecule has 5 nitrogen and oxygen atoms in total. The summed E-state index contributed by atoms with van der Waals surface area (Å²) >= 11 is 0. The SMILES string of the molecule is COc1ccc(-c2nc(CN3[C@@H]4CC[C@H]3CNC4)c(C)o2)c2ccccc12.Cl. The van der Waals surface area contributed by atoms with Crippen LogP contribution in [-0.2, 0) is 6.54 Å². The maximum atomic E-state index is 6.12. The molecule has 2 aliphatic heterocycles. The lowest BCUT2D eigenvalue weighted by Crippen LogP contribution is -2.51. The molecule has 6 heteroatoms. The van der Waals surface area contributed by atoms with Crippen molar-refractivity contribution in [2.24, 2.45) is 0 Å². The van der Waals surface area contributed by atoms with Crippen molar-refractivity contribution in [1.82, 2.24) is 15.2 Å². The van der Waals surface area contributed by atoms with Crippen LogP contribution in [0.5, 0.6) is 5.75 Å². The van der Waals surface area contributed by atoms with Gasteiger partial charge in [-0.1, -0.05) is 24.3 Å². The number of rotatable bonds is 4. The van der Waals surface area contributed by atoms with Crippen LogP contribution in [0.15, 0.2) is 40.8 Å². The Morgan fingerprint density at radius 3 is 2.54 bits per heavy atom. The van der Waals surface area contributed by atoms with Gasteiger partial charge >= 0.3 is 0 Å². The Hall–Kier alpha value is -2.08. The number of ether oxygens (including phenoxy) is 1. The molecule has 0 saturated carbocycles. The third-order valence-electron chi connectivity index (χ3n) is 6.09. The number of fused-ring (bicyclic) bond motifs is 3. The fourth-order valence-corrected chi connectivity index (χ4v) is 4.63. The predicted molar refractivity (Wildman–Crippen MR) is 113 cm³/mol. The van der Waals surface area contributed by atoms with Gasteiger partial charge in [-0.3, -0.25) is 4.90 Å². The monoisotopic (exact) mass is 399 g/mol. The Bertz CT molecular complexity index is 971. The normalized spacial score (nSPS) is 21.6. The Morgan fingerprint density at radius 2 is 1.82 bits per heavy atom. The molecular weight excluding hydrogens is 374 g/mol. The molecule has 2 atom stereocenters. The van der Waals surface area contributed by atoms with E-state index in [-0.39, 0.29) is 12.4 Å². The molecule has 3 aromatic rings. The Kier molecular flexibility index (Phi) is 5.32. The van der Waals surface area contributed by atoms with Gasteiger partial charge < -0.3 is 14.5 Å². The number of benzene rings is 2. The van der Waals surface area contributed by atoms with Gasteiger partial charge in [0.15, 0.2) is 0 Å². The number of nitrogens with zero attached hydrogens (tertiary/aromatic N) is 2. The molecule has 0 unspecified atom stereocenters. The van der Waals surface area contributed by atoms with Gasteiger partial charge in [0.05, 0.1) is 12.8 Å². The van der Waals surface area contributed by atoms with Crippen molar-refractivity contribution in [2.45, 2.75) is 38.4 Å². The lowest BCUT2D eigenvalue weighted by atomic mass is 10.0. The molecule has 3 heterocycles. The van der Waals surface area contributed by atoms with Crippen molar-refractivity contribution >= 4 is 23.2 Å². The Morgan fingerprint density at radius 1 is 1.11 bits per heavy atom. The van der Waals surface area contributed by atoms with Gasteiger partial charge in [0, 0.05) is 42.7 Å². The number of halogens is 1. The quantitative estimate of drug-likeness (QED) is 0.713. The largest absolute Gasteiger partial charge is 0.496 e. The number of hydrogen-bond acceptors (Lipinski definition) is 5. The van der Waals surface area contributed by atoms with Crippen LogP contribution in [0.4, 0.5) is 0 Å². The van der Waals surface area contributed by atoms with Gasteiger partial charge in [0.1, 0.15) is 11.5 Å². The maximum Gasteiger partial charge on any atom is 0.227 e. The summed E-state index contributed by atoms with van der Waals surface area (Å²) < 4.78 is 11.6. The van der Waals surface area contributed by atoms with E-state index in [9.17, 15) is 0 Å². The van der Waals surface area contributed by atoms with Gasteiger partial charge in [-0.2, -0.15) is 0 Å². The molecule has 1 N–H and O–H groups in total. The van der Waals surface area contributed by atoms with Gasteiger partial charge in [-0.25, -0.2) is 4.98 Å². The lowest BCUT2D eigenvalue weighted by molar-refractivity contribution is 0.143. The molecule has 2 aromatic carbocycles. The average molecular weight is 400 g/mol. The zero-order chi connectivity index (χ0) is 18.4. The number of hydrogen-bond donors (Lipinski definition) is 1. The maximum absolute atomic E-state index is 6.12. The zero-order valence-corrected chi connectivity index (χ0v) is 17.1. The van der Waals surface area contributed by atoms with Gasteiger partial charge in [0.25, 0.3) is 0 Å². The first-order valence-corrected chi connectivity index (χ1v) is 9.73. The summed E-state index contributed by atoms with van der Waals surface area (Å²) in [5.41, 5.74) is 2.08. The first-order valence-electron chi connectivity index (χ1n) is 9.73. The first-order chi connectivity index (χ1) is 13.2. The molecule has 2 bridgehead atoms. The number of methoxy groups -OCH3 is 1. The minimum Gasteiger partial charge on any atom is -0.496 e. The molecule has 0 radical (unpaired) electrons. The van der Waals surface area contributed by atoms with E-state index in [1.807, 2.05) is 31.2 Å². The van der Waals surface area contributed by atoms with E-state index in [2.05, 4.69) is 22.3 Å². The fraction of sp³-hybridized carbons (Fsp3) is 0.409. The smallest absolute Gasteiger partial charge is 0.227 e. The molecule has 148 valence electrons. The summed E-state index contributed by atoms with van der Waals surface area (Å²) in [5.74, 6) is 2.49. The van der Waals surface area contributed by atoms with Crippen LogP contribution in [0.3, 0.4) is 0 Å². The van der Waals surface area contributed by atoms with Crippen LogP contribution in [0.1, 0.15) is 24.3 Å². The van der Waals surface area contributed by atoms with Crippen LogP contribution in [0, 0.1) is 6.92 Å². The molecule has 2 saturated heterocycles. The molecule has 2 aliphatic rings. The summed E-state index contributed by atoms with van der Waals surface area (Å²) in [6, 6.07) is 13.5. The van der Waals surface area contributed by atoms with Crippen LogP contribution in [0.25, 0.3) is 22.2 Å². The van der Waals surface area contributed by atoms with E-state index >= 15 is 0 Å². The van der Waals surface area contributed by atoms with Gasteiger partial charge in [0.2, 0.25) is 5.89 Å². The van der Waals surface area contributed by atoms with Crippen molar-refractivity contribution in [3.8, 4) is 17.2 Å². The molecule has 1 aromatic heterocycles. The number of piperazine rings is 1. The number of aryl methyl sites for hydroxylation is 1. The van der Waals surface area contributed by atoms with Crippen LogP contribution in [-0.4, -0.2) is 42.2 Å². The summed E-state index contributed by atoms with van der Waals surface area (Å²) in [7, 11) is 1.70. The molecular formula is C22H26ClN3O2. The predicted octanol–water partition coefficient (Wildman–Crippen LogP) is 4.17. The molecule has 0 aliphatic carbocycles. The van der Waals surface area contributed by atoms with E-state index in [1.54, 1.807) is 7.11 Å². The fourth-order valence-electron chi connectivity index (χ4n) is 4.63. The topological polar surface area (TPSA) is 50.5 Å². The number of aromatic nitrogens is 1. The highest BCUT2D eigenvalue weighted by Gasteiger charge is 2.37. The average Bonchev–Trinajstić information content (AvgIpc) is 3.15. The minimum absolute atomic E-state index is 0. The van der Waals surface area contributed by atoms with Crippen LogP contribution >= 0.6 is 12.4 Å². The van der Waals surface area contributed by atoms with Crippen molar-refractivity contribution in [1.29, 1.82) is 0 Å². The first kappa shape index (κ1) is 19.2.